The van der Waals surface area contributed by atoms with Crippen molar-refractivity contribution in [2.75, 3.05) is 19.0 Å². The first-order chi connectivity index (χ1) is 20.3. The topological polar surface area (TPSA) is 98.5 Å². The van der Waals surface area contributed by atoms with Gasteiger partial charge in [-0.25, -0.2) is 0 Å². The molecule has 3 aromatic carbocycles. The summed E-state index contributed by atoms with van der Waals surface area (Å²) in [5.74, 6) is 0.465. The summed E-state index contributed by atoms with van der Waals surface area (Å²) in [6.07, 6.45) is 2.42. The smallest absolute Gasteiger partial charge is 0.261 e. The number of aliphatic hydroxyl groups is 1. The van der Waals surface area contributed by atoms with E-state index in [0.29, 0.717) is 13.0 Å². The van der Waals surface area contributed by atoms with Crippen LogP contribution in [0.4, 0.5) is 5.69 Å². The molecule has 0 aliphatic carbocycles. The third-order valence-corrected chi connectivity index (χ3v) is 13.8. The first-order valence-electron chi connectivity index (χ1n) is 14.6. The molecule has 3 heterocycles. The number of nitrogens with zero attached hydrogens (tertiary/aromatic N) is 3. The van der Waals surface area contributed by atoms with Gasteiger partial charge in [0.15, 0.2) is 5.60 Å². The zero-order valence-electron chi connectivity index (χ0n) is 24.5. The van der Waals surface area contributed by atoms with Crippen molar-refractivity contribution in [2.45, 2.75) is 56.1 Å². The number of fused-ring (bicyclic) bond motifs is 2. The minimum Gasteiger partial charge on any atom is -0.497 e. The van der Waals surface area contributed by atoms with Crippen LogP contribution in [0.2, 0.25) is 18.6 Å². The third kappa shape index (κ3) is 4.65. The van der Waals surface area contributed by atoms with Gasteiger partial charge in [-0.15, -0.1) is 5.10 Å². The van der Waals surface area contributed by atoms with Crippen molar-refractivity contribution in [3.8, 4) is 5.75 Å². The van der Waals surface area contributed by atoms with E-state index in [1.165, 1.54) is 5.19 Å². The average Bonchev–Trinajstić information content (AvgIpc) is 3.68. The maximum atomic E-state index is 13.7. The first-order valence-corrected chi connectivity index (χ1v) is 17.7. The van der Waals surface area contributed by atoms with E-state index < -0.39 is 13.7 Å². The number of para-hydroxylation sites is 1. The summed E-state index contributed by atoms with van der Waals surface area (Å²) < 4.78 is 14.3. The summed E-state index contributed by atoms with van der Waals surface area (Å²) in [7, 11) is -0.513. The predicted molar refractivity (Wildman–Crippen MR) is 165 cm³/mol. The molecule has 1 aromatic heterocycles. The molecular formula is C33H38N4O4Si. The van der Waals surface area contributed by atoms with E-state index in [9.17, 15) is 9.90 Å². The lowest BCUT2D eigenvalue weighted by Gasteiger charge is -2.37. The molecule has 0 radical (unpaired) electrons. The number of methoxy groups -OCH3 is 1. The minimum atomic E-state index is -2.19. The van der Waals surface area contributed by atoms with Gasteiger partial charge in [-0.1, -0.05) is 91.1 Å². The van der Waals surface area contributed by atoms with E-state index >= 15 is 0 Å². The van der Waals surface area contributed by atoms with Crippen LogP contribution in [0.3, 0.4) is 0 Å². The fourth-order valence-electron chi connectivity index (χ4n) is 7.25. The van der Waals surface area contributed by atoms with Crippen molar-refractivity contribution in [2.24, 2.45) is 5.92 Å². The molecule has 9 heteroatoms. The number of carbonyl (C=O) groups excluding carboxylic acids is 1. The highest BCUT2D eigenvalue weighted by molar-refractivity contribution is 6.91. The maximum Gasteiger partial charge on any atom is 0.261 e. The van der Waals surface area contributed by atoms with Crippen LogP contribution >= 0.6 is 0 Å². The van der Waals surface area contributed by atoms with Crippen LogP contribution in [0.15, 0.2) is 85.1 Å². The van der Waals surface area contributed by atoms with Crippen molar-refractivity contribution in [3.63, 3.8) is 0 Å². The quantitative estimate of drug-likeness (QED) is 0.279. The second-order valence-electron chi connectivity index (χ2n) is 12.0. The summed E-state index contributed by atoms with van der Waals surface area (Å²) in [6.45, 7) is 7.48. The molecule has 1 spiro atoms. The van der Waals surface area contributed by atoms with Gasteiger partial charge in [0.25, 0.3) is 5.91 Å². The fraction of sp³-hybridized carbons (Fsp3) is 0.364. The highest BCUT2D eigenvalue weighted by Gasteiger charge is 2.64. The van der Waals surface area contributed by atoms with Gasteiger partial charge in [-0.05, 0) is 35.7 Å². The summed E-state index contributed by atoms with van der Waals surface area (Å²) >= 11 is 0. The third-order valence-electron chi connectivity index (χ3n) is 9.44. The molecule has 8 nitrogen and oxygen atoms in total. The summed E-state index contributed by atoms with van der Waals surface area (Å²) in [6, 6.07) is 26.2. The van der Waals surface area contributed by atoms with E-state index in [-0.39, 0.29) is 36.0 Å². The van der Waals surface area contributed by atoms with Crippen LogP contribution < -0.4 is 15.2 Å². The SMILES string of the molecule is COc1ccc([Si](C)(C)[C@@H]2[C@@H](CCn3cc(C(CO)c4ccccc4)nn3)O[C@]3(C(=O)Nc4ccccc43)[C@H]2C)cc1. The molecule has 2 aliphatic heterocycles. The number of carbonyl (C=O) groups is 1. The van der Waals surface area contributed by atoms with Crippen molar-refractivity contribution < 1.29 is 19.4 Å². The van der Waals surface area contributed by atoms with Gasteiger partial charge in [0, 0.05) is 29.9 Å². The number of anilines is 1. The maximum absolute atomic E-state index is 13.7. The fourth-order valence-corrected chi connectivity index (χ4v) is 11.3. The second kappa shape index (κ2) is 11.1. The molecule has 218 valence electrons. The zero-order chi connectivity index (χ0) is 29.5. The average molecular weight is 583 g/mol. The van der Waals surface area contributed by atoms with Gasteiger partial charge in [-0.2, -0.15) is 0 Å². The first kappa shape index (κ1) is 28.3. The molecule has 6 rings (SSSR count). The Balaban J connectivity index is 1.32. The van der Waals surface area contributed by atoms with Crippen LogP contribution in [0.25, 0.3) is 0 Å². The molecule has 2 aliphatic rings. The lowest BCUT2D eigenvalue weighted by molar-refractivity contribution is -0.143. The van der Waals surface area contributed by atoms with Crippen molar-refractivity contribution in [3.05, 3.63) is 102 Å². The summed E-state index contributed by atoms with van der Waals surface area (Å²) in [5.41, 5.74) is 2.60. The number of aliphatic hydroxyl groups excluding tert-OH is 1. The number of aryl methyl sites for hydroxylation is 1. The molecule has 5 atom stereocenters. The molecule has 0 saturated carbocycles. The van der Waals surface area contributed by atoms with Crippen LogP contribution in [0.1, 0.15) is 36.1 Å². The van der Waals surface area contributed by atoms with E-state index in [4.69, 9.17) is 9.47 Å². The molecule has 1 amide bonds. The largest absolute Gasteiger partial charge is 0.497 e. The number of amides is 1. The van der Waals surface area contributed by atoms with E-state index in [2.05, 4.69) is 47.8 Å². The van der Waals surface area contributed by atoms with Crippen LogP contribution in [-0.2, 0) is 21.7 Å². The molecule has 42 heavy (non-hydrogen) atoms. The van der Waals surface area contributed by atoms with Crippen molar-refractivity contribution in [1.82, 2.24) is 15.0 Å². The van der Waals surface area contributed by atoms with Crippen molar-refractivity contribution in [1.29, 1.82) is 0 Å². The molecule has 1 unspecified atom stereocenters. The van der Waals surface area contributed by atoms with Gasteiger partial charge in [0.05, 0.1) is 39.5 Å². The highest BCUT2D eigenvalue weighted by atomic mass is 28.3. The normalized spacial score (nSPS) is 24.0. The van der Waals surface area contributed by atoms with Gasteiger partial charge >= 0.3 is 0 Å². The standard InChI is InChI=1S/C33H38N4O4Si/c1-22-31(42(3,4)25-16-14-24(40-2)15-17-25)30(41-33(22)27-12-8-9-13-28(27)34-32(33)39)18-19-37-20-29(35-36-37)26(21-38)23-10-6-5-7-11-23/h5-17,20,22,26,30-31,38H,18-19,21H2,1-4H3,(H,34,39)/t22-,26?,30+,31-,33+/m0/s1. The number of hydrogen-bond donors (Lipinski definition) is 2. The Kier molecular flexibility index (Phi) is 7.51. The lowest BCUT2D eigenvalue weighted by atomic mass is 9.82. The molecule has 1 fully saturated rings. The monoisotopic (exact) mass is 582 g/mol. The Bertz CT molecular complexity index is 1560. The summed E-state index contributed by atoms with van der Waals surface area (Å²) in [4.78, 5) is 13.7. The Labute approximate surface area is 247 Å². The van der Waals surface area contributed by atoms with Gasteiger partial charge < -0.3 is 19.9 Å². The Morgan fingerprint density at radius 1 is 1.07 bits per heavy atom. The molecule has 2 N–H and O–H groups in total. The number of rotatable bonds is 9. The van der Waals surface area contributed by atoms with Crippen LogP contribution in [-0.4, -0.2) is 53.9 Å². The number of benzene rings is 3. The predicted octanol–water partition coefficient (Wildman–Crippen LogP) is 4.67. The Hall–Kier alpha value is -3.79. The summed E-state index contributed by atoms with van der Waals surface area (Å²) in [5, 5.41) is 23.4. The molecular weight excluding hydrogens is 544 g/mol. The number of ether oxygens (including phenoxy) is 2. The molecule has 1 saturated heterocycles. The number of hydrogen-bond acceptors (Lipinski definition) is 6. The second-order valence-corrected chi connectivity index (χ2v) is 16.7. The van der Waals surface area contributed by atoms with Crippen LogP contribution in [0.5, 0.6) is 5.75 Å². The number of nitrogens with one attached hydrogen (secondary N) is 1. The number of aromatic nitrogens is 3. The van der Waals surface area contributed by atoms with E-state index in [1.54, 1.807) is 7.11 Å². The van der Waals surface area contributed by atoms with E-state index in [0.717, 1.165) is 28.3 Å². The van der Waals surface area contributed by atoms with E-state index in [1.807, 2.05) is 77.6 Å². The van der Waals surface area contributed by atoms with Crippen molar-refractivity contribution >= 4 is 24.9 Å². The Morgan fingerprint density at radius 2 is 1.79 bits per heavy atom. The Morgan fingerprint density at radius 3 is 2.50 bits per heavy atom. The zero-order valence-corrected chi connectivity index (χ0v) is 25.5. The molecule has 0 bridgehead atoms. The highest BCUT2D eigenvalue weighted by Crippen LogP contribution is 2.58. The van der Waals surface area contributed by atoms with Gasteiger partial charge in [0.1, 0.15) is 5.75 Å². The van der Waals surface area contributed by atoms with Gasteiger partial charge in [-0.3, -0.25) is 9.48 Å². The molecule has 4 aromatic rings. The van der Waals surface area contributed by atoms with Gasteiger partial charge in [0.2, 0.25) is 0 Å². The van der Waals surface area contributed by atoms with Crippen LogP contribution in [0, 0.1) is 5.92 Å². The lowest BCUT2D eigenvalue weighted by Crippen LogP contribution is -2.51. The minimum absolute atomic E-state index is 0.0434.